The zero-order chi connectivity index (χ0) is 22.1. The van der Waals surface area contributed by atoms with Gasteiger partial charge < -0.3 is 9.84 Å². The Morgan fingerprint density at radius 3 is 2.21 bits per heavy atom. The van der Waals surface area contributed by atoms with Gasteiger partial charge in [-0.25, -0.2) is 4.79 Å². The summed E-state index contributed by atoms with van der Waals surface area (Å²) in [6.07, 6.45) is 0.514. The lowest BCUT2D eigenvalue weighted by Gasteiger charge is -2.24. The summed E-state index contributed by atoms with van der Waals surface area (Å²) in [5.41, 5.74) is 5.19. The summed E-state index contributed by atoms with van der Waals surface area (Å²) in [6.45, 7) is 19.8. The fraction of sp³-hybridized carbons (Fsp3) is 0.423. The van der Waals surface area contributed by atoms with Gasteiger partial charge in [-0.05, 0) is 62.3 Å². The van der Waals surface area contributed by atoms with E-state index in [-0.39, 0.29) is 5.41 Å². The quantitative estimate of drug-likeness (QED) is 0.492. The highest BCUT2D eigenvalue weighted by atomic mass is 16.6. The maximum Gasteiger partial charge on any atom is 0.338 e. The molecule has 0 unspecified atom stereocenters. The van der Waals surface area contributed by atoms with Crippen LogP contribution in [0.3, 0.4) is 0 Å². The fourth-order valence-electron chi connectivity index (χ4n) is 3.37. The summed E-state index contributed by atoms with van der Waals surface area (Å²) in [7, 11) is 0. The molecule has 2 aromatic rings. The van der Waals surface area contributed by atoms with Crippen LogP contribution in [-0.2, 0) is 21.4 Å². The van der Waals surface area contributed by atoms with E-state index in [1.807, 2.05) is 65.0 Å². The topological polar surface area (TPSA) is 46.5 Å². The maximum atomic E-state index is 12.6. The lowest BCUT2D eigenvalue weighted by Crippen LogP contribution is -2.24. The van der Waals surface area contributed by atoms with Crippen LogP contribution < -0.4 is 0 Å². The number of esters is 1. The van der Waals surface area contributed by atoms with Crippen LogP contribution >= 0.6 is 0 Å². The Labute approximate surface area is 175 Å². The van der Waals surface area contributed by atoms with E-state index < -0.39 is 11.6 Å². The Morgan fingerprint density at radius 1 is 1.03 bits per heavy atom. The molecule has 2 rings (SSSR count). The molecule has 0 saturated carbocycles. The minimum Gasteiger partial charge on any atom is -0.507 e. The lowest BCUT2D eigenvalue weighted by molar-refractivity contribution is -0.147. The molecule has 0 saturated heterocycles. The van der Waals surface area contributed by atoms with Crippen molar-refractivity contribution in [3.63, 3.8) is 0 Å². The van der Waals surface area contributed by atoms with Crippen LogP contribution in [0.4, 0.5) is 0 Å². The van der Waals surface area contributed by atoms with Crippen molar-refractivity contribution in [1.82, 2.24) is 0 Å². The molecule has 0 atom stereocenters. The second-order valence-corrected chi connectivity index (χ2v) is 9.83. The molecule has 0 aliphatic heterocycles. The summed E-state index contributed by atoms with van der Waals surface area (Å²) in [5, 5.41) is 11.0. The van der Waals surface area contributed by atoms with Crippen molar-refractivity contribution in [2.75, 3.05) is 0 Å². The number of ether oxygens (including phenoxy) is 1. The molecule has 0 heterocycles. The van der Waals surface area contributed by atoms with Crippen LogP contribution in [0.25, 0.3) is 5.57 Å². The number of phenols is 1. The van der Waals surface area contributed by atoms with E-state index >= 15 is 0 Å². The third kappa shape index (κ3) is 5.50. The molecule has 2 aromatic carbocycles. The van der Waals surface area contributed by atoms with E-state index in [1.165, 1.54) is 0 Å². The van der Waals surface area contributed by atoms with Crippen molar-refractivity contribution in [3.05, 3.63) is 70.3 Å². The first kappa shape index (κ1) is 22.7. The maximum absolute atomic E-state index is 12.6. The minimum atomic E-state index is -0.583. The van der Waals surface area contributed by atoms with Crippen molar-refractivity contribution in [2.45, 2.75) is 72.8 Å². The van der Waals surface area contributed by atoms with E-state index in [0.29, 0.717) is 17.7 Å². The first-order valence-electron chi connectivity index (χ1n) is 10.0. The Balaban J connectivity index is 2.51. The second-order valence-electron chi connectivity index (χ2n) is 9.83. The van der Waals surface area contributed by atoms with Gasteiger partial charge in [0.15, 0.2) is 0 Å². The summed E-state index contributed by atoms with van der Waals surface area (Å²) in [5.74, 6) is -0.0974. The number of aryl methyl sites for hydroxylation is 2. The molecular weight excluding hydrogens is 360 g/mol. The predicted molar refractivity (Wildman–Crippen MR) is 120 cm³/mol. The van der Waals surface area contributed by atoms with Gasteiger partial charge in [0.25, 0.3) is 0 Å². The molecule has 3 heteroatoms. The van der Waals surface area contributed by atoms with E-state index in [9.17, 15) is 9.90 Å². The van der Waals surface area contributed by atoms with E-state index in [4.69, 9.17) is 4.74 Å². The molecule has 0 amide bonds. The number of hydrogen-bond acceptors (Lipinski definition) is 3. The number of hydrogen-bond donors (Lipinski definition) is 1. The Hall–Kier alpha value is -2.55. The largest absolute Gasteiger partial charge is 0.507 e. The van der Waals surface area contributed by atoms with E-state index in [1.54, 1.807) is 0 Å². The number of rotatable bonds is 4. The Morgan fingerprint density at radius 2 is 1.66 bits per heavy atom. The first-order chi connectivity index (χ1) is 13.2. The summed E-state index contributed by atoms with van der Waals surface area (Å²) < 4.78 is 5.51. The Kier molecular flexibility index (Phi) is 6.32. The third-order valence-corrected chi connectivity index (χ3v) is 4.92. The monoisotopic (exact) mass is 394 g/mol. The van der Waals surface area contributed by atoms with Crippen LogP contribution in [0.5, 0.6) is 5.75 Å². The lowest BCUT2D eigenvalue weighted by atomic mass is 9.82. The summed E-state index contributed by atoms with van der Waals surface area (Å²) >= 11 is 0. The molecule has 0 aliphatic carbocycles. The predicted octanol–water partition coefficient (Wildman–Crippen LogP) is 6.25. The van der Waals surface area contributed by atoms with Crippen LogP contribution in [0.1, 0.15) is 74.9 Å². The smallest absolute Gasteiger partial charge is 0.338 e. The number of benzene rings is 2. The van der Waals surface area contributed by atoms with Crippen molar-refractivity contribution >= 4 is 11.5 Å². The molecule has 0 aromatic heterocycles. The van der Waals surface area contributed by atoms with Crippen molar-refractivity contribution in [2.24, 2.45) is 0 Å². The fourth-order valence-corrected chi connectivity index (χ4v) is 3.37. The number of carbonyl (C=O) groups is 1. The zero-order valence-electron chi connectivity index (χ0n) is 19.1. The number of phenolic OH excluding ortho intramolecular Hbond substituents is 1. The van der Waals surface area contributed by atoms with Crippen molar-refractivity contribution in [3.8, 4) is 5.75 Å². The SMILES string of the molecule is C=C(C(=O)OC(C)(C)C)c1ccc(C)cc1Cc1c(C)ccc(C(C)(C)C)c1O. The van der Waals surface area contributed by atoms with Gasteiger partial charge in [0.2, 0.25) is 0 Å². The van der Waals surface area contributed by atoms with Crippen LogP contribution in [-0.4, -0.2) is 16.7 Å². The second kappa shape index (κ2) is 8.06. The minimum absolute atomic E-state index is 0.165. The van der Waals surface area contributed by atoms with Gasteiger partial charge in [0.1, 0.15) is 11.4 Å². The molecule has 29 heavy (non-hydrogen) atoms. The van der Waals surface area contributed by atoms with E-state index in [0.717, 1.165) is 33.4 Å². The van der Waals surface area contributed by atoms with Crippen molar-refractivity contribution < 1.29 is 14.6 Å². The molecule has 0 aliphatic rings. The number of carbonyl (C=O) groups excluding carboxylic acids is 1. The molecule has 156 valence electrons. The summed E-state index contributed by atoms with van der Waals surface area (Å²) in [4.78, 5) is 12.6. The normalized spacial score (nSPS) is 12.0. The molecule has 0 spiro atoms. The highest BCUT2D eigenvalue weighted by molar-refractivity contribution is 6.16. The van der Waals surface area contributed by atoms with Gasteiger partial charge in [-0.3, -0.25) is 0 Å². The van der Waals surface area contributed by atoms with Gasteiger partial charge in [-0.1, -0.05) is 63.2 Å². The van der Waals surface area contributed by atoms with Crippen LogP contribution in [0, 0.1) is 13.8 Å². The van der Waals surface area contributed by atoms with Gasteiger partial charge in [-0.2, -0.15) is 0 Å². The van der Waals surface area contributed by atoms with Crippen LogP contribution in [0.15, 0.2) is 36.9 Å². The molecule has 1 N–H and O–H groups in total. The number of aromatic hydroxyl groups is 1. The average molecular weight is 395 g/mol. The van der Waals surface area contributed by atoms with Gasteiger partial charge >= 0.3 is 5.97 Å². The van der Waals surface area contributed by atoms with Gasteiger partial charge in [-0.15, -0.1) is 0 Å². The Bertz CT molecular complexity index is 938. The van der Waals surface area contributed by atoms with Gasteiger partial charge in [0, 0.05) is 12.0 Å². The average Bonchev–Trinajstić information content (AvgIpc) is 2.55. The highest BCUT2D eigenvalue weighted by Gasteiger charge is 2.24. The van der Waals surface area contributed by atoms with Crippen LogP contribution in [0.2, 0.25) is 0 Å². The molecule has 0 radical (unpaired) electrons. The standard InChI is InChI=1S/C26H34O3/c1-16-10-12-20(18(3)24(28)29-26(7,8)9)19(14-16)15-21-17(2)11-13-22(23(21)27)25(4,5)6/h10-14,27H,3,15H2,1-2,4-9H3. The summed E-state index contributed by atoms with van der Waals surface area (Å²) in [6, 6.07) is 9.97. The molecular formula is C26H34O3. The first-order valence-corrected chi connectivity index (χ1v) is 10.0. The third-order valence-electron chi connectivity index (χ3n) is 4.92. The molecule has 3 nitrogen and oxygen atoms in total. The molecule has 0 fully saturated rings. The zero-order valence-corrected chi connectivity index (χ0v) is 19.1. The highest BCUT2D eigenvalue weighted by Crippen LogP contribution is 2.37. The molecule has 0 bridgehead atoms. The van der Waals surface area contributed by atoms with Gasteiger partial charge in [0.05, 0.1) is 5.57 Å². The van der Waals surface area contributed by atoms with Crippen molar-refractivity contribution in [1.29, 1.82) is 0 Å². The van der Waals surface area contributed by atoms with E-state index in [2.05, 4.69) is 27.4 Å².